The van der Waals surface area contributed by atoms with Crippen LogP contribution in [0.2, 0.25) is 0 Å². The number of nitrogens with two attached hydrogens (primary N) is 1. The van der Waals surface area contributed by atoms with Crippen LogP contribution in [0.15, 0.2) is 18.2 Å². The van der Waals surface area contributed by atoms with Gasteiger partial charge in [0, 0.05) is 18.6 Å². The highest BCUT2D eigenvalue weighted by Gasteiger charge is 2.06. The monoisotopic (exact) mass is 268 g/mol. The second kappa shape index (κ2) is 9.64. The lowest BCUT2D eigenvalue weighted by Crippen LogP contribution is -2.82. The molecule has 1 rings (SSSR count). The van der Waals surface area contributed by atoms with Crippen molar-refractivity contribution < 1.29 is 19.5 Å². The maximum Gasteiger partial charge on any atom is 0.161 e. The fourth-order valence-corrected chi connectivity index (χ4v) is 1.86. The van der Waals surface area contributed by atoms with E-state index >= 15 is 0 Å². The first-order valence-corrected chi connectivity index (χ1v) is 7.00. The Morgan fingerprint density at radius 1 is 1.11 bits per heavy atom. The SMILES string of the molecule is CCOCCC[NH2+]Cc1ccc(OCC)c(OC)c1. The summed E-state index contributed by atoms with van der Waals surface area (Å²) in [5.74, 6) is 1.62. The summed E-state index contributed by atoms with van der Waals surface area (Å²) in [6.07, 6.45) is 1.09. The zero-order chi connectivity index (χ0) is 13.9. The summed E-state index contributed by atoms with van der Waals surface area (Å²) in [7, 11) is 1.67. The summed E-state index contributed by atoms with van der Waals surface area (Å²) in [6, 6.07) is 6.11. The molecule has 0 amide bonds. The Morgan fingerprint density at radius 3 is 2.63 bits per heavy atom. The molecule has 2 N–H and O–H groups in total. The van der Waals surface area contributed by atoms with Crippen LogP contribution in [0.25, 0.3) is 0 Å². The molecule has 0 aliphatic rings. The van der Waals surface area contributed by atoms with E-state index in [1.807, 2.05) is 26.0 Å². The Morgan fingerprint density at radius 2 is 1.95 bits per heavy atom. The molecule has 0 radical (unpaired) electrons. The van der Waals surface area contributed by atoms with E-state index in [0.717, 1.165) is 44.2 Å². The number of methoxy groups -OCH3 is 1. The van der Waals surface area contributed by atoms with Crippen LogP contribution < -0.4 is 14.8 Å². The molecular weight excluding hydrogens is 242 g/mol. The largest absolute Gasteiger partial charge is 0.493 e. The molecule has 1 aromatic carbocycles. The number of hydrogen-bond acceptors (Lipinski definition) is 3. The summed E-state index contributed by atoms with van der Waals surface area (Å²) in [5, 5.41) is 2.29. The van der Waals surface area contributed by atoms with Crippen molar-refractivity contribution in [3.63, 3.8) is 0 Å². The molecule has 0 atom stereocenters. The minimum absolute atomic E-state index is 0.652. The van der Waals surface area contributed by atoms with E-state index in [1.54, 1.807) is 7.11 Å². The van der Waals surface area contributed by atoms with Crippen molar-refractivity contribution in [3.05, 3.63) is 23.8 Å². The summed E-state index contributed by atoms with van der Waals surface area (Å²) < 4.78 is 16.1. The fourth-order valence-electron chi connectivity index (χ4n) is 1.86. The third-order valence-electron chi connectivity index (χ3n) is 2.81. The molecule has 108 valence electrons. The molecule has 0 bridgehead atoms. The molecule has 0 aliphatic heterocycles. The smallest absolute Gasteiger partial charge is 0.161 e. The van der Waals surface area contributed by atoms with E-state index in [-0.39, 0.29) is 0 Å². The van der Waals surface area contributed by atoms with Crippen LogP contribution in [0, 0.1) is 0 Å². The lowest BCUT2D eigenvalue weighted by atomic mass is 10.2. The Kier molecular flexibility index (Phi) is 8.02. The predicted molar refractivity (Wildman–Crippen MR) is 75.8 cm³/mol. The standard InChI is InChI=1S/C15H25NO3/c1-4-18-10-6-9-16-12-13-7-8-14(19-5-2)15(11-13)17-3/h7-8,11,16H,4-6,9-10,12H2,1-3H3/p+1. The van der Waals surface area contributed by atoms with Crippen LogP contribution in [0.5, 0.6) is 11.5 Å². The lowest BCUT2D eigenvalue weighted by molar-refractivity contribution is -0.671. The molecule has 4 heteroatoms. The van der Waals surface area contributed by atoms with Gasteiger partial charge in [-0.15, -0.1) is 0 Å². The van der Waals surface area contributed by atoms with E-state index in [2.05, 4.69) is 11.4 Å². The Labute approximate surface area is 116 Å². The Hall–Kier alpha value is -1.26. The zero-order valence-electron chi connectivity index (χ0n) is 12.3. The number of rotatable bonds is 10. The van der Waals surface area contributed by atoms with Gasteiger partial charge in [-0.25, -0.2) is 0 Å². The van der Waals surface area contributed by atoms with Gasteiger partial charge in [0.2, 0.25) is 0 Å². The molecule has 0 aliphatic carbocycles. The van der Waals surface area contributed by atoms with Crippen molar-refractivity contribution in [1.82, 2.24) is 0 Å². The van der Waals surface area contributed by atoms with Crippen LogP contribution in [-0.2, 0) is 11.3 Å². The lowest BCUT2D eigenvalue weighted by Gasteiger charge is -2.10. The maximum atomic E-state index is 5.50. The van der Waals surface area contributed by atoms with E-state index < -0.39 is 0 Å². The first kappa shape index (κ1) is 15.8. The minimum Gasteiger partial charge on any atom is -0.493 e. The molecule has 0 saturated heterocycles. The first-order chi connectivity index (χ1) is 9.31. The first-order valence-electron chi connectivity index (χ1n) is 7.00. The summed E-state index contributed by atoms with van der Waals surface area (Å²) in [4.78, 5) is 0. The quantitative estimate of drug-likeness (QED) is 0.655. The van der Waals surface area contributed by atoms with Crippen molar-refractivity contribution in [3.8, 4) is 11.5 Å². The Bertz CT molecular complexity index is 355. The fraction of sp³-hybridized carbons (Fsp3) is 0.600. The van der Waals surface area contributed by atoms with Crippen LogP contribution >= 0.6 is 0 Å². The van der Waals surface area contributed by atoms with Crippen molar-refractivity contribution in [2.24, 2.45) is 0 Å². The van der Waals surface area contributed by atoms with Gasteiger partial charge in [-0.1, -0.05) is 0 Å². The van der Waals surface area contributed by atoms with Gasteiger partial charge in [-0.2, -0.15) is 0 Å². The number of hydrogen-bond donors (Lipinski definition) is 1. The predicted octanol–water partition coefficient (Wildman–Crippen LogP) is 1.58. The van der Waals surface area contributed by atoms with Crippen LogP contribution in [0.4, 0.5) is 0 Å². The number of ether oxygens (including phenoxy) is 3. The van der Waals surface area contributed by atoms with Gasteiger partial charge in [0.25, 0.3) is 0 Å². The molecule has 1 aromatic rings. The minimum atomic E-state index is 0.652. The summed E-state index contributed by atoms with van der Waals surface area (Å²) in [5.41, 5.74) is 1.25. The molecule has 0 aromatic heterocycles. The van der Waals surface area contributed by atoms with Crippen LogP contribution in [-0.4, -0.2) is 33.5 Å². The molecule has 0 spiro atoms. The van der Waals surface area contributed by atoms with Crippen molar-refractivity contribution in [2.75, 3.05) is 33.5 Å². The highest BCUT2D eigenvalue weighted by molar-refractivity contribution is 5.42. The maximum absolute atomic E-state index is 5.50. The van der Waals surface area contributed by atoms with Crippen LogP contribution in [0.1, 0.15) is 25.8 Å². The van der Waals surface area contributed by atoms with E-state index in [0.29, 0.717) is 6.61 Å². The summed E-state index contributed by atoms with van der Waals surface area (Å²) in [6.45, 7) is 8.33. The second-order valence-corrected chi connectivity index (χ2v) is 4.25. The molecule has 0 heterocycles. The Balaban J connectivity index is 2.37. The molecule has 0 unspecified atom stereocenters. The molecular formula is C15H26NO3+. The van der Waals surface area contributed by atoms with Gasteiger partial charge in [-0.3, -0.25) is 0 Å². The topological polar surface area (TPSA) is 44.3 Å². The highest BCUT2D eigenvalue weighted by atomic mass is 16.5. The third kappa shape index (κ3) is 5.94. The van der Waals surface area contributed by atoms with Crippen molar-refractivity contribution in [1.29, 1.82) is 0 Å². The molecule has 4 nitrogen and oxygen atoms in total. The average molecular weight is 268 g/mol. The van der Waals surface area contributed by atoms with Gasteiger partial charge in [0.1, 0.15) is 6.54 Å². The normalized spacial score (nSPS) is 10.5. The van der Waals surface area contributed by atoms with Gasteiger partial charge in [0.15, 0.2) is 11.5 Å². The number of quaternary nitrogens is 1. The van der Waals surface area contributed by atoms with Gasteiger partial charge >= 0.3 is 0 Å². The number of benzene rings is 1. The molecule has 0 fully saturated rings. The van der Waals surface area contributed by atoms with E-state index in [1.165, 1.54) is 5.56 Å². The van der Waals surface area contributed by atoms with E-state index in [4.69, 9.17) is 14.2 Å². The van der Waals surface area contributed by atoms with E-state index in [9.17, 15) is 0 Å². The van der Waals surface area contributed by atoms with Gasteiger partial charge < -0.3 is 19.5 Å². The highest BCUT2D eigenvalue weighted by Crippen LogP contribution is 2.27. The molecule has 19 heavy (non-hydrogen) atoms. The van der Waals surface area contributed by atoms with Crippen molar-refractivity contribution >= 4 is 0 Å². The second-order valence-electron chi connectivity index (χ2n) is 4.25. The van der Waals surface area contributed by atoms with Gasteiger partial charge in [-0.05, 0) is 32.0 Å². The molecule has 0 saturated carbocycles. The zero-order valence-corrected chi connectivity index (χ0v) is 12.3. The third-order valence-corrected chi connectivity index (χ3v) is 2.81. The summed E-state index contributed by atoms with van der Waals surface area (Å²) >= 11 is 0. The van der Waals surface area contributed by atoms with Crippen molar-refractivity contribution in [2.45, 2.75) is 26.8 Å². The van der Waals surface area contributed by atoms with Gasteiger partial charge in [0.05, 0.1) is 26.9 Å². The average Bonchev–Trinajstić information content (AvgIpc) is 2.44. The van der Waals surface area contributed by atoms with Crippen LogP contribution in [0.3, 0.4) is 0 Å².